The molecule has 5 nitrogen and oxygen atoms in total. The standard InChI is InChI=1S/C17H16Cl2N2O3S2/c1-10-2-4-14(5-3-10)26(23,24)21-20-12-6-11(7-13(22)8-12)15-9-16(18)25-17(15)19/h2-5,8-9,11,20-21H,6-7H2,1H3. The van der Waals surface area contributed by atoms with Crippen LogP contribution in [0.15, 0.2) is 47.0 Å². The Morgan fingerprint density at radius 3 is 2.46 bits per heavy atom. The number of thiophene rings is 1. The molecule has 0 radical (unpaired) electrons. The molecular weight excluding hydrogens is 415 g/mol. The first kappa shape index (κ1) is 19.4. The molecule has 26 heavy (non-hydrogen) atoms. The van der Waals surface area contributed by atoms with Gasteiger partial charge in [0.25, 0.3) is 10.0 Å². The Hall–Kier alpha value is -1.38. The van der Waals surface area contributed by atoms with E-state index < -0.39 is 10.0 Å². The van der Waals surface area contributed by atoms with E-state index in [9.17, 15) is 13.2 Å². The molecule has 0 fully saturated rings. The van der Waals surface area contributed by atoms with E-state index >= 15 is 0 Å². The Labute approximate surface area is 166 Å². The van der Waals surface area contributed by atoms with Crippen LogP contribution in [0.1, 0.15) is 29.9 Å². The summed E-state index contributed by atoms with van der Waals surface area (Å²) in [5, 5.41) is 0. The predicted molar refractivity (Wildman–Crippen MR) is 104 cm³/mol. The van der Waals surface area contributed by atoms with Crippen LogP contribution in [0.2, 0.25) is 8.67 Å². The summed E-state index contributed by atoms with van der Waals surface area (Å²) in [7, 11) is -3.74. The molecule has 0 amide bonds. The van der Waals surface area contributed by atoms with Gasteiger partial charge in [-0.25, -0.2) is 8.42 Å². The molecule has 138 valence electrons. The van der Waals surface area contributed by atoms with Gasteiger partial charge in [0.15, 0.2) is 5.78 Å². The first-order valence-corrected chi connectivity index (χ1v) is 10.8. The monoisotopic (exact) mass is 430 g/mol. The molecule has 0 saturated heterocycles. The molecule has 0 spiro atoms. The largest absolute Gasteiger partial charge is 0.312 e. The Kier molecular flexibility index (Phi) is 5.74. The van der Waals surface area contributed by atoms with Crippen LogP contribution in [0.3, 0.4) is 0 Å². The SMILES string of the molecule is Cc1ccc(S(=O)(=O)NNC2=CC(=O)CC(c3cc(Cl)sc3Cl)C2)cc1. The Balaban J connectivity index is 1.72. The van der Waals surface area contributed by atoms with Gasteiger partial charge >= 0.3 is 0 Å². The molecule has 1 unspecified atom stereocenters. The number of carbonyl (C=O) groups excluding carboxylic acids is 1. The van der Waals surface area contributed by atoms with Gasteiger partial charge in [0.2, 0.25) is 0 Å². The van der Waals surface area contributed by atoms with Crippen LogP contribution in [0.5, 0.6) is 0 Å². The van der Waals surface area contributed by atoms with Gasteiger partial charge in [-0.15, -0.1) is 16.2 Å². The molecule has 9 heteroatoms. The maximum absolute atomic E-state index is 12.4. The van der Waals surface area contributed by atoms with Gasteiger partial charge < -0.3 is 5.43 Å². The van der Waals surface area contributed by atoms with E-state index in [1.165, 1.54) is 29.5 Å². The number of ketones is 1. The second kappa shape index (κ2) is 7.70. The fraction of sp³-hybridized carbons (Fsp3) is 0.235. The van der Waals surface area contributed by atoms with E-state index in [2.05, 4.69) is 10.3 Å². The summed E-state index contributed by atoms with van der Waals surface area (Å²) >= 11 is 13.4. The minimum atomic E-state index is -3.74. The molecular formula is C17H16Cl2N2O3S2. The van der Waals surface area contributed by atoms with Crippen molar-refractivity contribution in [1.82, 2.24) is 10.3 Å². The lowest BCUT2D eigenvalue weighted by atomic mass is 9.87. The predicted octanol–water partition coefficient (Wildman–Crippen LogP) is 4.18. The summed E-state index contributed by atoms with van der Waals surface area (Å²) in [6, 6.07) is 8.24. The number of nitrogens with one attached hydrogen (secondary N) is 2. The summed E-state index contributed by atoms with van der Waals surface area (Å²) in [4.78, 5) is 14.5. The molecule has 1 aromatic carbocycles. The topological polar surface area (TPSA) is 75.3 Å². The first-order valence-electron chi connectivity index (χ1n) is 7.77. The van der Waals surface area contributed by atoms with E-state index in [1.807, 2.05) is 6.92 Å². The number of rotatable bonds is 5. The zero-order chi connectivity index (χ0) is 18.9. The molecule has 1 aliphatic rings. The highest BCUT2D eigenvalue weighted by atomic mass is 35.5. The number of halogens is 2. The first-order chi connectivity index (χ1) is 12.2. The zero-order valence-corrected chi connectivity index (χ0v) is 16.9. The molecule has 2 N–H and O–H groups in total. The van der Waals surface area contributed by atoms with Crippen molar-refractivity contribution in [3.05, 3.63) is 61.9 Å². The summed E-state index contributed by atoms with van der Waals surface area (Å²) in [5.41, 5.74) is 4.92. The third-order valence-electron chi connectivity index (χ3n) is 4.05. The molecule has 1 atom stereocenters. The van der Waals surface area contributed by atoms with Crippen molar-refractivity contribution in [3.8, 4) is 0 Å². The number of aryl methyl sites for hydroxylation is 1. The molecule has 0 aliphatic heterocycles. The van der Waals surface area contributed by atoms with Crippen molar-refractivity contribution >= 4 is 50.3 Å². The van der Waals surface area contributed by atoms with E-state index in [-0.39, 0.29) is 16.6 Å². The number of hydrogen-bond donors (Lipinski definition) is 2. The van der Waals surface area contributed by atoms with Crippen LogP contribution >= 0.6 is 34.5 Å². The lowest BCUT2D eigenvalue weighted by Gasteiger charge is -2.23. The lowest BCUT2D eigenvalue weighted by molar-refractivity contribution is -0.115. The van der Waals surface area contributed by atoms with Crippen LogP contribution in [-0.4, -0.2) is 14.2 Å². The van der Waals surface area contributed by atoms with Crippen LogP contribution < -0.4 is 10.3 Å². The molecule has 1 aliphatic carbocycles. The van der Waals surface area contributed by atoms with Crippen molar-refractivity contribution in [3.63, 3.8) is 0 Å². The van der Waals surface area contributed by atoms with Gasteiger partial charge in [-0.3, -0.25) is 4.79 Å². The number of allylic oxidation sites excluding steroid dienone is 2. The van der Waals surface area contributed by atoms with Crippen LogP contribution in [0.25, 0.3) is 0 Å². The summed E-state index contributed by atoms with van der Waals surface area (Å²) in [6.45, 7) is 1.88. The molecule has 3 rings (SSSR count). The van der Waals surface area contributed by atoms with E-state index in [0.29, 0.717) is 27.2 Å². The van der Waals surface area contributed by atoms with Gasteiger partial charge in [-0.1, -0.05) is 40.9 Å². The number of hydrogen-bond acceptors (Lipinski definition) is 5. The van der Waals surface area contributed by atoms with Crippen molar-refractivity contribution in [2.24, 2.45) is 0 Å². The third-order valence-corrected chi connectivity index (χ3v) is 6.83. The zero-order valence-electron chi connectivity index (χ0n) is 13.8. The number of sulfonamides is 1. The van der Waals surface area contributed by atoms with E-state index in [1.54, 1.807) is 18.2 Å². The van der Waals surface area contributed by atoms with Crippen molar-refractivity contribution in [1.29, 1.82) is 0 Å². The highest BCUT2D eigenvalue weighted by Gasteiger charge is 2.26. The Bertz CT molecular complexity index is 966. The van der Waals surface area contributed by atoms with Gasteiger partial charge in [0, 0.05) is 18.2 Å². The number of carbonyl (C=O) groups is 1. The molecule has 1 aromatic heterocycles. The van der Waals surface area contributed by atoms with E-state index in [0.717, 1.165) is 11.1 Å². The molecule has 1 heterocycles. The number of hydrazine groups is 1. The van der Waals surface area contributed by atoms with Gasteiger partial charge in [-0.2, -0.15) is 0 Å². The third kappa shape index (κ3) is 4.47. The highest BCUT2D eigenvalue weighted by molar-refractivity contribution is 7.89. The van der Waals surface area contributed by atoms with Crippen LogP contribution in [0.4, 0.5) is 0 Å². The van der Waals surface area contributed by atoms with Crippen molar-refractivity contribution in [2.45, 2.75) is 30.6 Å². The Morgan fingerprint density at radius 2 is 1.85 bits per heavy atom. The summed E-state index contributed by atoms with van der Waals surface area (Å²) < 4.78 is 25.8. The van der Waals surface area contributed by atoms with E-state index in [4.69, 9.17) is 23.2 Å². The summed E-state index contributed by atoms with van der Waals surface area (Å²) in [5.74, 6) is -0.244. The van der Waals surface area contributed by atoms with Crippen LogP contribution in [-0.2, 0) is 14.8 Å². The average molecular weight is 431 g/mol. The Morgan fingerprint density at radius 1 is 1.15 bits per heavy atom. The minimum absolute atomic E-state index is 0.100. The van der Waals surface area contributed by atoms with Gasteiger partial charge in [0.1, 0.15) is 0 Å². The van der Waals surface area contributed by atoms with Crippen molar-refractivity contribution < 1.29 is 13.2 Å². The second-order valence-electron chi connectivity index (χ2n) is 6.06. The fourth-order valence-electron chi connectivity index (χ4n) is 2.74. The minimum Gasteiger partial charge on any atom is -0.312 e. The number of benzene rings is 1. The normalized spacial score (nSPS) is 17.9. The van der Waals surface area contributed by atoms with Gasteiger partial charge in [-0.05, 0) is 43.0 Å². The maximum atomic E-state index is 12.4. The van der Waals surface area contributed by atoms with Crippen LogP contribution in [0, 0.1) is 6.92 Å². The maximum Gasteiger partial charge on any atom is 0.257 e. The molecule has 2 aromatic rings. The lowest BCUT2D eigenvalue weighted by Crippen LogP contribution is -2.38. The quantitative estimate of drug-likeness (QED) is 0.697. The second-order valence-corrected chi connectivity index (χ2v) is 10.0. The highest BCUT2D eigenvalue weighted by Crippen LogP contribution is 2.40. The van der Waals surface area contributed by atoms with Crippen molar-refractivity contribution in [2.75, 3.05) is 0 Å². The molecule has 0 bridgehead atoms. The smallest absolute Gasteiger partial charge is 0.257 e. The molecule has 0 saturated carbocycles. The summed E-state index contributed by atoms with van der Waals surface area (Å²) in [6.07, 6.45) is 2.17. The fourth-order valence-corrected chi connectivity index (χ4v) is 5.24. The van der Waals surface area contributed by atoms with Gasteiger partial charge in [0.05, 0.1) is 13.6 Å². The average Bonchev–Trinajstić information content (AvgIpc) is 2.91.